The topological polar surface area (TPSA) is 77.9 Å². The number of hydrogen-bond acceptors (Lipinski definition) is 3. The quantitative estimate of drug-likeness (QED) is 0.561. The van der Waals surface area contributed by atoms with Gasteiger partial charge in [-0.2, -0.15) is 18.4 Å². The summed E-state index contributed by atoms with van der Waals surface area (Å²) in [6.07, 6.45) is -0.717. The molecule has 3 aromatic rings. The van der Waals surface area contributed by atoms with Crippen LogP contribution in [-0.2, 0) is 17.4 Å². The summed E-state index contributed by atoms with van der Waals surface area (Å²) in [6.45, 7) is 0.301. The maximum absolute atomic E-state index is 12.6. The number of rotatable bonds is 6. The highest BCUT2D eigenvalue weighted by Crippen LogP contribution is 2.35. The maximum Gasteiger partial charge on any atom is 0.416 e. The number of halogens is 3. The van der Waals surface area contributed by atoms with Gasteiger partial charge in [0.25, 0.3) is 0 Å². The van der Waals surface area contributed by atoms with Gasteiger partial charge in [-0.1, -0.05) is 12.1 Å². The predicted molar refractivity (Wildman–Crippen MR) is 109 cm³/mol. The molecule has 0 bridgehead atoms. The van der Waals surface area contributed by atoms with Crippen LogP contribution in [0.5, 0.6) is 5.75 Å². The molecule has 4 rings (SSSR count). The lowest BCUT2D eigenvalue weighted by molar-refractivity contribution is -0.137. The Morgan fingerprint density at radius 1 is 1.19 bits per heavy atom. The van der Waals surface area contributed by atoms with Crippen LogP contribution in [0.25, 0.3) is 10.9 Å². The van der Waals surface area contributed by atoms with Crippen LogP contribution in [0.3, 0.4) is 0 Å². The SMILES string of the molecule is N#CC1CCC1C(=O)Nc1c[nH]c2ccc(OCCc3ccc(C(F)(F)F)cc3)cc12. The van der Waals surface area contributed by atoms with Crippen LogP contribution < -0.4 is 10.1 Å². The van der Waals surface area contributed by atoms with Crippen LogP contribution in [0, 0.1) is 23.2 Å². The monoisotopic (exact) mass is 427 g/mol. The van der Waals surface area contributed by atoms with E-state index in [1.807, 2.05) is 6.07 Å². The number of hydrogen-bond donors (Lipinski definition) is 2. The fourth-order valence-corrected chi connectivity index (χ4v) is 3.63. The van der Waals surface area contributed by atoms with E-state index in [4.69, 9.17) is 10.00 Å². The molecule has 5 nitrogen and oxygen atoms in total. The minimum atomic E-state index is -4.34. The van der Waals surface area contributed by atoms with E-state index in [1.54, 1.807) is 18.3 Å². The number of carbonyl (C=O) groups is 1. The Morgan fingerprint density at radius 2 is 1.97 bits per heavy atom. The molecule has 8 heteroatoms. The summed E-state index contributed by atoms with van der Waals surface area (Å²) in [5, 5.41) is 12.7. The number of anilines is 1. The maximum atomic E-state index is 12.6. The molecule has 1 aromatic heterocycles. The number of aromatic amines is 1. The van der Waals surface area contributed by atoms with Gasteiger partial charge in [0.2, 0.25) is 5.91 Å². The van der Waals surface area contributed by atoms with Gasteiger partial charge in [-0.3, -0.25) is 4.79 Å². The van der Waals surface area contributed by atoms with Crippen molar-refractivity contribution in [2.45, 2.75) is 25.4 Å². The third-order valence-electron chi connectivity index (χ3n) is 5.63. The van der Waals surface area contributed by atoms with Gasteiger partial charge in [0.05, 0.1) is 35.8 Å². The van der Waals surface area contributed by atoms with Crippen LogP contribution >= 0.6 is 0 Å². The molecule has 2 N–H and O–H groups in total. The number of nitrogens with zero attached hydrogens (tertiary/aromatic N) is 1. The zero-order valence-electron chi connectivity index (χ0n) is 16.5. The number of ether oxygens (including phenoxy) is 1. The summed E-state index contributed by atoms with van der Waals surface area (Å²) in [5.74, 6) is -0.0761. The van der Waals surface area contributed by atoms with Crippen LogP contribution in [0.1, 0.15) is 24.0 Å². The molecule has 1 fully saturated rings. The normalized spacial score (nSPS) is 18.3. The number of benzene rings is 2. The number of carbonyl (C=O) groups excluding carboxylic acids is 1. The second kappa shape index (κ2) is 8.34. The standard InChI is InChI=1S/C23H20F3N3O2/c24-23(25,26)16-4-1-14(2-5-16)9-10-31-17-6-8-20-19(11-17)21(13-28-20)29-22(30)18-7-3-15(18)12-27/h1-2,4-6,8,11,13,15,18,28H,3,7,9-10H2,(H,29,30). The lowest BCUT2D eigenvalue weighted by atomic mass is 9.74. The third kappa shape index (κ3) is 4.50. The number of nitrogens with one attached hydrogen (secondary N) is 2. The molecule has 0 spiro atoms. The van der Waals surface area contributed by atoms with E-state index in [0.29, 0.717) is 30.9 Å². The molecule has 160 valence electrons. The Labute approximate surface area is 176 Å². The summed E-state index contributed by atoms with van der Waals surface area (Å²) in [7, 11) is 0. The number of H-pyrrole nitrogens is 1. The van der Waals surface area contributed by atoms with Crippen molar-refractivity contribution in [2.75, 3.05) is 11.9 Å². The van der Waals surface area contributed by atoms with E-state index < -0.39 is 11.7 Å². The Morgan fingerprint density at radius 3 is 2.61 bits per heavy atom. The first kappa shape index (κ1) is 20.8. The summed E-state index contributed by atoms with van der Waals surface area (Å²) < 4.78 is 43.7. The first-order chi connectivity index (χ1) is 14.8. The van der Waals surface area contributed by atoms with Crippen molar-refractivity contribution in [3.8, 4) is 11.8 Å². The highest BCUT2D eigenvalue weighted by molar-refractivity contribution is 6.03. The van der Waals surface area contributed by atoms with E-state index in [-0.39, 0.29) is 17.7 Å². The Bertz CT molecular complexity index is 1130. The van der Waals surface area contributed by atoms with Gasteiger partial charge in [0.1, 0.15) is 5.75 Å². The Balaban J connectivity index is 1.38. The van der Waals surface area contributed by atoms with Gasteiger partial charge >= 0.3 is 6.18 Å². The predicted octanol–water partition coefficient (Wildman–Crippen LogP) is 5.30. The molecule has 2 atom stereocenters. The van der Waals surface area contributed by atoms with Crippen molar-refractivity contribution in [3.05, 3.63) is 59.8 Å². The third-order valence-corrected chi connectivity index (χ3v) is 5.63. The number of aromatic nitrogens is 1. The first-order valence-corrected chi connectivity index (χ1v) is 9.95. The molecule has 1 aliphatic rings. The molecule has 1 saturated carbocycles. The van der Waals surface area contributed by atoms with Gasteiger partial charge in [0.15, 0.2) is 0 Å². The summed E-state index contributed by atoms with van der Waals surface area (Å²) >= 11 is 0. The van der Waals surface area contributed by atoms with Crippen LogP contribution in [0.4, 0.5) is 18.9 Å². The van der Waals surface area contributed by atoms with E-state index in [2.05, 4.69) is 16.4 Å². The highest BCUT2D eigenvalue weighted by Gasteiger charge is 2.36. The molecule has 0 saturated heterocycles. The Hall–Kier alpha value is -3.47. The van der Waals surface area contributed by atoms with Crippen molar-refractivity contribution in [2.24, 2.45) is 11.8 Å². The molecule has 0 aliphatic heterocycles. The van der Waals surface area contributed by atoms with Crippen molar-refractivity contribution < 1.29 is 22.7 Å². The van der Waals surface area contributed by atoms with Crippen molar-refractivity contribution in [1.82, 2.24) is 4.98 Å². The fraction of sp³-hybridized carbons (Fsp3) is 0.304. The van der Waals surface area contributed by atoms with Crippen molar-refractivity contribution >= 4 is 22.5 Å². The van der Waals surface area contributed by atoms with E-state index >= 15 is 0 Å². The second-order valence-electron chi connectivity index (χ2n) is 7.61. The van der Waals surface area contributed by atoms with E-state index in [1.165, 1.54) is 12.1 Å². The van der Waals surface area contributed by atoms with Gasteiger partial charge in [-0.05, 0) is 48.7 Å². The average Bonchev–Trinajstić information content (AvgIpc) is 3.09. The fourth-order valence-electron chi connectivity index (χ4n) is 3.63. The van der Waals surface area contributed by atoms with Crippen LogP contribution in [-0.4, -0.2) is 17.5 Å². The van der Waals surface area contributed by atoms with Crippen molar-refractivity contribution in [1.29, 1.82) is 5.26 Å². The second-order valence-corrected chi connectivity index (χ2v) is 7.61. The lowest BCUT2D eigenvalue weighted by Gasteiger charge is -2.29. The summed E-state index contributed by atoms with van der Waals surface area (Å²) in [5.41, 5.74) is 1.52. The average molecular weight is 427 g/mol. The largest absolute Gasteiger partial charge is 0.493 e. The smallest absolute Gasteiger partial charge is 0.416 e. The zero-order valence-corrected chi connectivity index (χ0v) is 16.5. The summed E-state index contributed by atoms with van der Waals surface area (Å²) in [4.78, 5) is 15.5. The number of nitriles is 1. The number of fused-ring (bicyclic) bond motifs is 1. The first-order valence-electron chi connectivity index (χ1n) is 9.95. The molecule has 0 radical (unpaired) electrons. The van der Waals surface area contributed by atoms with Crippen LogP contribution in [0.15, 0.2) is 48.7 Å². The van der Waals surface area contributed by atoms with Gasteiger partial charge < -0.3 is 15.0 Å². The Kier molecular flexibility index (Phi) is 5.59. The van der Waals surface area contributed by atoms with Gasteiger partial charge in [-0.15, -0.1) is 0 Å². The molecule has 1 heterocycles. The number of amides is 1. The molecule has 1 aliphatic carbocycles. The van der Waals surface area contributed by atoms with Gasteiger partial charge in [0, 0.05) is 23.5 Å². The minimum absolute atomic E-state index is 0.160. The van der Waals surface area contributed by atoms with Crippen LogP contribution in [0.2, 0.25) is 0 Å². The van der Waals surface area contributed by atoms with Crippen molar-refractivity contribution in [3.63, 3.8) is 0 Å². The number of alkyl halides is 3. The molecular weight excluding hydrogens is 407 g/mol. The van der Waals surface area contributed by atoms with E-state index in [0.717, 1.165) is 35.0 Å². The zero-order chi connectivity index (χ0) is 22.0. The molecule has 2 unspecified atom stereocenters. The molecule has 2 aromatic carbocycles. The highest BCUT2D eigenvalue weighted by atomic mass is 19.4. The van der Waals surface area contributed by atoms with E-state index in [9.17, 15) is 18.0 Å². The summed E-state index contributed by atoms with van der Waals surface area (Å²) in [6, 6.07) is 12.6. The molecule has 31 heavy (non-hydrogen) atoms. The molecule has 1 amide bonds. The molecular formula is C23H20F3N3O2. The minimum Gasteiger partial charge on any atom is -0.493 e. The lowest BCUT2D eigenvalue weighted by Crippen LogP contribution is -2.35. The van der Waals surface area contributed by atoms with Gasteiger partial charge in [-0.25, -0.2) is 0 Å².